The summed E-state index contributed by atoms with van der Waals surface area (Å²) in [6, 6.07) is 8.24. The Kier molecular flexibility index (Phi) is 25.9. The Balaban J connectivity index is 2.27. The number of urea groups is 1. The maximum Gasteiger partial charge on any atom is 0.323 e. The van der Waals surface area contributed by atoms with Crippen LogP contribution in [-0.4, -0.2) is 102 Å². The topological polar surface area (TPSA) is 341 Å². The number of anilines is 2. The number of carbonyl (C=O) groups excluding carboxylic acids is 7. The van der Waals surface area contributed by atoms with Gasteiger partial charge in [-0.05, 0) is 100 Å². The van der Waals surface area contributed by atoms with E-state index in [2.05, 4.69) is 54.2 Å². The van der Waals surface area contributed by atoms with Crippen molar-refractivity contribution in [2.24, 2.45) is 22.4 Å². The highest BCUT2D eigenvalue weighted by Gasteiger charge is 2.33. The van der Waals surface area contributed by atoms with Crippen molar-refractivity contribution >= 4 is 71.5 Å². The number of nitrogens with zero attached hydrogens (tertiary/aromatic N) is 1. The van der Waals surface area contributed by atoms with Gasteiger partial charge in [-0.3, -0.25) is 44.0 Å². The number of rotatable bonds is 30. The number of carboxylic acid groups (broad SMARTS) is 1. The van der Waals surface area contributed by atoms with Crippen LogP contribution in [0.2, 0.25) is 0 Å². The average molecular weight is 957 g/mol. The molecule has 0 saturated heterocycles. The van der Waals surface area contributed by atoms with E-state index in [0.29, 0.717) is 42.6 Å². The molecule has 2 aromatic carbocycles. The van der Waals surface area contributed by atoms with Crippen molar-refractivity contribution in [3.8, 4) is 0 Å². The van der Waals surface area contributed by atoms with Crippen molar-refractivity contribution in [2.45, 2.75) is 110 Å². The van der Waals surface area contributed by atoms with Crippen molar-refractivity contribution in [3.05, 3.63) is 95.7 Å². The minimum atomic E-state index is -1.48. The van der Waals surface area contributed by atoms with Gasteiger partial charge in [-0.25, -0.2) is 4.79 Å². The Morgan fingerprint density at radius 2 is 1.42 bits per heavy atom. The van der Waals surface area contributed by atoms with E-state index in [1.54, 1.807) is 75.4 Å². The lowest BCUT2D eigenvalue weighted by atomic mass is 9.96. The number of amides is 8. The second kappa shape index (κ2) is 31.2. The van der Waals surface area contributed by atoms with E-state index in [1.807, 2.05) is 19.1 Å². The predicted octanol–water partition coefficient (Wildman–Crippen LogP) is 2.78. The van der Waals surface area contributed by atoms with Gasteiger partial charge >= 0.3 is 12.0 Å². The number of aliphatic carboxylic acids is 1. The van der Waals surface area contributed by atoms with E-state index in [-0.39, 0.29) is 50.6 Å². The van der Waals surface area contributed by atoms with E-state index in [9.17, 15) is 43.5 Å². The fraction of sp³-hybridized carbons (Fsp3) is 0.417. The zero-order chi connectivity index (χ0) is 51.3. The maximum atomic E-state index is 14.0. The molecule has 14 N–H and O–H groups in total. The van der Waals surface area contributed by atoms with Gasteiger partial charge < -0.3 is 59.1 Å². The molecule has 2 aromatic rings. The number of hydrogen-bond donors (Lipinski definition) is 12. The molecule has 374 valence electrons. The highest BCUT2D eigenvalue weighted by atomic mass is 16.4. The standard InChI is InChI=1S/C48H68N12O9/c1-6-31(3)42(46(68)57-36(43(49)65)17-12-28-54-47(50)51)60-45(67)38(23-25-41(63)64)58-44(66)37(16-9-10-27-53-39(61)24-18-30(2)13-11-26-52-5)56-40(62)29-33-19-21-34(22-20-33)55-48(69)59-35-15-8-7-14-32(35)4/h7-8,11,13-15,18-22,24,26,31,36-38,42H,5-6,9-10,12,16-17,23,25,27-29H2,1-4H3,(H2,49,65)(H,53,61)(H,56,62)(H,57,68)(H,58,66)(H,60,67)(H,63,64)(H4,50,51,54)(H2,55,59,69)/b24-18+,26-11-,30-13+/t31?,36-,37-,38-,42-/m0/s1. The van der Waals surface area contributed by atoms with Gasteiger partial charge in [-0.2, -0.15) is 0 Å². The summed E-state index contributed by atoms with van der Waals surface area (Å²) in [5.74, 6) is -6.21. The summed E-state index contributed by atoms with van der Waals surface area (Å²) in [5.41, 5.74) is 14.2. The van der Waals surface area contributed by atoms with Crippen molar-refractivity contribution in [3.63, 3.8) is 0 Å². The molecule has 0 fully saturated rings. The molecule has 1 unspecified atom stereocenters. The smallest absolute Gasteiger partial charge is 0.323 e. The van der Waals surface area contributed by atoms with Gasteiger partial charge in [-0.15, -0.1) is 0 Å². The number of benzene rings is 2. The van der Waals surface area contributed by atoms with E-state index in [1.165, 1.54) is 12.3 Å². The second-order valence-electron chi connectivity index (χ2n) is 16.3. The molecule has 69 heavy (non-hydrogen) atoms. The molecule has 0 aliphatic rings. The first-order valence-corrected chi connectivity index (χ1v) is 22.6. The molecule has 2 rings (SSSR count). The molecular weight excluding hydrogens is 889 g/mol. The quantitative estimate of drug-likeness (QED) is 0.0178. The third-order valence-electron chi connectivity index (χ3n) is 10.6. The van der Waals surface area contributed by atoms with Crippen LogP contribution in [0.15, 0.2) is 89.6 Å². The molecule has 5 atom stereocenters. The van der Waals surface area contributed by atoms with Crippen LogP contribution in [0.5, 0.6) is 0 Å². The number of allylic oxidation sites excluding steroid dienone is 4. The van der Waals surface area contributed by atoms with E-state index < -0.39 is 78.0 Å². The molecule has 0 bridgehead atoms. The lowest BCUT2D eigenvalue weighted by molar-refractivity contribution is -0.138. The van der Waals surface area contributed by atoms with Gasteiger partial charge in [0.1, 0.15) is 24.2 Å². The van der Waals surface area contributed by atoms with Crippen LogP contribution in [-0.2, 0) is 40.0 Å². The van der Waals surface area contributed by atoms with E-state index >= 15 is 0 Å². The van der Waals surface area contributed by atoms with Crippen LogP contribution in [0.25, 0.3) is 0 Å². The summed E-state index contributed by atoms with van der Waals surface area (Å²) < 4.78 is 0. The Labute approximate surface area is 402 Å². The Bertz CT molecular complexity index is 2190. The van der Waals surface area contributed by atoms with Crippen molar-refractivity contribution in [1.29, 1.82) is 5.41 Å². The molecular formula is C48H68N12O9. The number of primary amides is 1. The van der Waals surface area contributed by atoms with Gasteiger partial charge in [0.15, 0.2) is 5.96 Å². The van der Waals surface area contributed by atoms with Crippen molar-refractivity contribution in [2.75, 3.05) is 23.7 Å². The number of para-hydroxylation sites is 1. The number of guanidine groups is 1. The second-order valence-corrected chi connectivity index (χ2v) is 16.3. The highest BCUT2D eigenvalue weighted by Crippen LogP contribution is 2.16. The van der Waals surface area contributed by atoms with Gasteiger partial charge in [0.2, 0.25) is 35.4 Å². The van der Waals surface area contributed by atoms with Gasteiger partial charge in [-0.1, -0.05) is 68.3 Å². The molecule has 0 aliphatic heterocycles. The third-order valence-corrected chi connectivity index (χ3v) is 10.6. The van der Waals surface area contributed by atoms with Crippen LogP contribution in [0.3, 0.4) is 0 Å². The lowest BCUT2D eigenvalue weighted by Crippen LogP contribution is -2.59. The first-order valence-electron chi connectivity index (χ1n) is 22.6. The summed E-state index contributed by atoms with van der Waals surface area (Å²) in [6.45, 7) is 10.9. The fourth-order valence-electron chi connectivity index (χ4n) is 6.51. The molecule has 21 heteroatoms. The molecule has 21 nitrogen and oxygen atoms in total. The van der Waals surface area contributed by atoms with Crippen LogP contribution in [0.1, 0.15) is 83.3 Å². The summed E-state index contributed by atoms with van der Waals surface area (Å²) in [6.07, 6.45) is 8.37. The number of aliphatic imine (C=N–C) groups is 1. The van der Waals surface area contributed by atoms with Crippen molar-refractivity contribution < 1.29 is 43.5 Å². The minimum absolute atomic E-state index is 0.0509. The first-order chi connectivity index (χ1) is 32.8. The number of hydrogen-bond acceptors (Lipinski definition) is 10. The molecule has 0 aliphatic carbocycles. The Morgan fingerprint density at radius 1 is 0.783 bits per heavy atom. The third kappa shape index (κ3) is 23.4. The normalized spacial score (nSPS) is 13.4. The van der Waals surface area contributed by atoms with Crippen molar-refractivity contribution in [1.82, 2.24) is 31.9 Å². The van der Waals surface area contributed by atoms with Crippen LogP contribution < -0.4 is 54.0 Å². The van der Waals surface area contributed by atoms with Gasteiger partial charge in [0.25, 0.3) is 0 Å². The van der Waals surface area contributed by atoms with Gasteiger partial charge in [0.05, 0.1) is 6.42 Å². The largest absolute Gasteiger partial charge is 0.481 e. The fourth-order valence-corrected chi connectivity index (χ4v) is 6.51. The molecule has 0 heterocycles. The average Bonchev–Trinajstić information content (AvgIpc) is 3.30. The first kappa shape index (κ1) is 57.3. The Morgan fingerprint density at radius 3 is 2.06 bits per heavy atom. The zero-order valence-corrected chi connectivity index (χ0v) is 39.7. The maximum absolute atomic E-state index is 14.0. The number of nitrogens with two attached hydrogens (primary N) is 2. The summed E-state index contributed by atoms with van der Waals surface area (Å²) >= 11 is 0. The lowest BCUT2D eigenvalue weighted by Gasteiger charge is -2.28. The number of unbranched alkanes of at least 4 members (excludes halogenated alkanes) is 1. The monoisotopic (exact) mass is 957 g/mol. The molecule has 0 saturated carbocycles. The van der Waals surface area contributed by atoms with E-state index in [0.717, 1.165) is 11.1 Å². The molecule has 0 spiro atoms. The van der Waals surface area contributed by atoms with E-state index in [4.69, 9.17) is 16.9 Å². The predicted molar refractivity (Wildman–Crippen MR) is 265 cm³/mol. The molecule has 0 aromatic heterocycles. The SMILES string of the molecule is C=N\C=C/C=C(C)/C=C/C(=O)NCCCC[C@H](NC(=O)Cc1ccc(NC(=O)Nc2ccccc2C)cc1)C(=O)N[C@@H](CCC(=O)O)C(=O)N[C@H](C(=O)N[C@@H](CCCNC(=N)N)C(N)=O)C(C)CC. The van der Waals surface area contributed by atoms with Crippen LogP contribution in [0, 0.1) is 18.3 Å². The summed E-state index contributed by atoms with van der Waals surface area (Å²) in [4.78, 5) is 108. The molecule has 0 radical (unpaired) electrons. The summed E-state index contributed by atoms with van der Waals surface area (Å²) in [5, 5.41) is 38.2. The molecule has 8 amide bonds. The number of nitrogens with one attached hydrogen (secondary N) is 9. The van der Waals surface area contributed by atoms with Crippen LogP contribution >= 0.6 is 0 Å². The number of carbonyl (C=O) groups is 8. The zero-order valence-electron chi connectivity index (χ0n) is 39.7. The number of aryl methyl sites for hydroxylation is 1. The minimum Gasteiger partial charge on any atom is -0.481 e. The highest BCUT2D eigenvalue weighted by molar-refractivity contribution is 6.00. The van der Waals surface area contributed by atoms with Gasteiger partial charge in [0, 0.05) is 43.2 Å². The Hall–Kier alpha value is -7.84. The van der Waals surface area contributed by atoms with Crippen LogP contribution in [0.4, 0.5) is 16.2 Å². The summed E-state index contributed by atoms with van der Waals surface area (Å²) in [7, 11) is 0. The number of carboxylic acids is 1.